The highest BCUT2D eigenvalue weighted by Gasteiger charge is 2.21. The van der Waals surface area contributed by atoms with Crippen LogP contribution in [-0.2, 0) is 16.1 Å². The lowest BCUT2D eigenvalue weighted by Gasteiger charge is -2.14. The fraction of sp³-hybridized carbons (Fsp3) is 0.450. The van der Waals surface area contributed by atoms with Gasteiger partial charge in [-0.3, -0.25) is 9.59 Å². The number of esters is 1. The van der Waals surface area contributed by atoms with Gasteiger partial charge >= 0.3 is 11.6 Å². The Morgan fingerprint density at radius 3 is 2.74 bits per heavy atom. The van der Waals surface area contributed by atoms with Crippen LogP contribution in [-0.4, -0.2) is 35.0 Å². The highest BCUT2D eigenvalue weighted by molar-refractivity contribution is 8.13. The van der Waals surface area contributed by atoms with Crippen molar-refractivity contribution >= 4 is 33.9 Å². The lowest BCUT2D eigenvalue weighted by atomic mass is 9.95. The molecule has 1 amide bonds. The number of aryl methyl sites for hydroxylation is 1. The van der Waals surface area contributed by atoms with Gasteiger partial charge in [0.15, 0.2) is 0 Å². The van der Waals surface area contributed by atoms with Crippen molar-refractivity contribution in [2.24, 2.45) is 0 Å². The van der Waals surface area contributed by atoms with Gasteiger partial charge in [0.1, 0.15) is 12.2 Å². The van der Waals surface area contributed by atoms with Gasteiger partial charge in [-0.1, -0.05) is 25.6 Å². The summed E-state index contributed by atoms with van der Waals surface area (Å²) in [7, 11) is 0. The molecule has 1 aliphatic rings. The van der Waals surface area contributed by atoms with Crippen molar-refractivity contribution in [2.75, 3.05) is 18.8 Å². The highest BCUT2D eigenvalue weighted by atomic mass is 32.2. The third-order valence-electron chi connectivity index (χ3n) is 4.66. The number of ether oxygens (including phenoxy) is 1. The summed E-state index contributed by atoms with van der Waals surface area (Å²) in [6.45, 7) is 7.22. The van der Waals surface area contributed by atoms with Crippen LogP contribution in [0.5, 0.6) is 0 Å². The van der Waals surface area contributed by atoms with Crippen molar-refractivity contribution in [3.8, 4) is 0 Å². The van der Waals surface area contributed by atoms with Gasteiger partial charge < -0.3 is 14.1 Å². The second kappa shape index (κ2) is 8.17. The molecule has 0 N–H and O–H groups in total. The van der Waals surface area contributed by atoms with E-state index < -0.39 is 11.6 Å². The third-order valence-corrected chi connectivity index (χ3v) is 5.55. The Labute approximate surface area is 161 Å². The fourth-order valence-corrected chi connectivity index (χ4v) is 4.07. The molecule has 0 atom stereocenters. The molecular weight excluding hydrogens is 366 g/mol. The number of nitrogens with zero attached hydrogens (tertiary/aromatic N) is 1. The van der Waals surface area contributed by atoms with Gasteiger partial charge in [-0.2, -0.15) is 0 Å². The molecule has 2 aromatic rings. The average Bonchev–Trinajstić information content (AvgIpc) is 3.01. The third kappa shape index (κ3) is 4.53. The minimum Gasteiger partial charge on any atom is -0.461 e. The summed E-state index contributed by atoms with van der Waals surface area (Å²) in [5, 5.41) is 0.786. The minimum absolute atomic E-state index is 0.00419. The quantitative estimate of drug-likeness (QED) is 0.552. The van der Waals surface area contributed by atoms with E-state index in [1.165, 1.54) is 17.8 Å². The first-order valence-corrected chi connectivity index (χ1v) is 9.98. The second-order valence-corrected chi connectivity index (χ2v) is 8.01. The number of amides is 1. The predicted octanol–water partition coefficient (Wildman–Crippen LogP) is 3.83. The smallest absolute Gasteiger partial charge is 0.336 e. The van der Waals surface area contributed by atoms with Crippen LogP contribution in [0.4, 0.5) is 4.79 Å². The number of carbonyl (C=O) groups excluding carboxylic acids is 2. The maximum absolute atomic E-state index is 12.1. The van der Waals surface area contributed by atoms with Crippen molar-refractivity contribution in [1.29, 1.82) is 0 Å². The number of hydrogen-bond acceptors (Lipinski definition) is 6. The van der Waals surface area contributed by atoms with Crippen LogP contribution in [0.25, 0.3) is 11.0 Å². The molecule has 144 valence electrons. The molecule has 0 unspecified atom stereocenters. The van der Waals surface area contributed by atoms with Crippen LogP contribution in [0.15, 0.2) is 27.4 Å². The molecule has 0 saturated carbocycles. The SMILES string of the molecule is Cc1cc2oc(=O)cc(COC(=O)CCN3CCSC3=O)c2cc1C(C)C. The van der Waals surface area contributed by atoms with Gasteiger partial charge in [0, 0.05) is 35.9 Å². The first-order valence-electron chi connectivity index (χ1n) is 8.99. The minimum atomic E-state index is -0.468. The Hall–Kier alpha value is -2.28. The largest absolute Gasteiger partial charge is 0.461 e. The monoisotopic (exact) mass is 389 g/mol. The molecule has 27 heavy (non-hydrogen) atoms. The van der Waals surface area contributed by atoms with E-state index in [0.717, 1.165) is 22.3 Å². The molecule has 1 saturated heterocycles. The zero-order valence-corrected chi connectivity index (χ0v) is 16.6. The highest BCUT2D eigenvalue weighted by Crippen LogP contribution is 2.27. The Balaban J connectivity index is 1.73. The molecule has 3 rings (SSSR count). The van der Waals surface area contributed by atoms with Crippen molar-refractivity contribution in [1.82, 2.24) is 4.90 Å². The summed E-state index contributed by atoms with van der Waals surface area (Å²) in [5.41, 5.74) is 2.88. The van der Waals surface area contributed by atoms with E-state index in [0.29, 0.717) is 30.2 Å². The molecule has 1 aromatic heterocycles. The lowest BCUT2D eigenvalue weighted by Crippen LogP contribution is -2.26. The van der Waals surface area contributed by atoms with Crippen LogP contribution in [0.2, 0.25) is 0 Å². The van der Waals surface area contributed by atoms with Crippen LogP contribution in [0.1, 0.15) is 42.9 Å². The van der Waals surface area contributed by atoms with Crippen LogP contribution < -0.4 is 5.63 Å². The van der Waals surface area contributed by atoms with Gasteiger partial charge in [0.25, 0.3) is 5.24 Å². The summed E-state index contributed by atoms with van der Waals surface area (Å²) in [4.78, 5) is 37.1. The maximum Gasteiger partial charge on any atom is 0.336 e. The summed E-state index contributed by atoms with van der Waals surface area (Å²) in [6, 6.07) is 5.23. The Bertz CT molecular complexity index is 934. The fourth-order valence-electron chi connectivity index (χ4n) is 3.22. The van der Waals surface area contributed by atoms with Gasteiger partial charge in [-0.15, -0.1) is 0 Å². The molecule has 0 aliphatic carbocycles. The number of carbonyl (C=O) groups is 2. The molecule has 1 fully saturated rings. The summed E-state index contributed by atoms with van der Waals surface area (Å²) in [6.07, 6.45) is 0.141. The number of rotatable bonds is 6. The molecule has 7 heteroatoms. The Morgan fingerprint density at radius 1 is 1.30 bits per heavy atom. The van der Waals surface area contributed by atoms with E-state index in [-0.39, 0.29) is 18.3 Å². The van der Waals surface area contributed by atoms with Crippen LogP contribution >= 0.6 is 11.8 Å². The maximum atomic E-state index is 12.1. The molecule has 1 aliphatic heterocycles. The molecule has 0 bridgehead atoms. The van der Waals surface area contributed by atoms with Gasteiger partial charge in [-0.25, -0.2) is 4.79 Å². The van der Waals surface area contributed by atoms with Crippen molar-refractivity contribution < 1.29 is 18.7 Å². The Morgan fingerprint density at radius 2 is 2.07 bits per heavy atom. The zero-order chi connectivity index (χ0) is 19.6. The number of thioether (sulfide) groups is 1. The van der Waals surface area contributed by atoms with E-state index in [1.54, 1.807) is 4.90 Å². The summed E-state index contributed by atoms with van der Waals surface area (Å²) < 4.78 is 10.7. The standard InChI is InChI=1S/C20H23NO5S/c1-12(2)15-10-16-14(9-19(23)26-17(16)8-13(15)3)11-25-18(22)4-5-21-6-7-27-20(21)24/h8-10,12H,4-7,11H2,1-3H3. The molecule has 0 radical (unpaired) electrons. The van der Waals surface area contributed by atoms with Gasteiger partial charge in [0.05, 0.1) is 6.42 Å². The normalized spacial score (nSPS) is 14.4. The number of fused-ring (bicyclic) bond motifs is 1. The van der Waals surface area contributed by atoms with Crippen LogP contribution in [0.3, 0.4) is 0 Å². The second-order valence-electron chi connectivity index (χ2n) is 6.96. The van der Waals surface area contributed by atoms with E-state index in [2.05, 4.69) is 13.8 Å². The topological polar surface area (TPSA) is 76.8 Å². The first-order chi connectivity index (χ1) is 12.8. The first kappa shape index (κ1) is 19.5. The van der Waals surface area contributed by atoms with Crippen LogP contribution in [0, 0.1) is 6.92 Å². The van der Waals surface area contributed by atoms with E-state index in [4.69, 9.17) is 9.15 Å². The molecule has 0 spiro atoms. The van der Waals surface area contributed by atoms with Crippen molar-refractivity contribution in [3.05, 3.63) is 45.3 Å². The zero-order valence-electron chi connectivity index (χ0n) is 15.7. The summed E-state index contributed by atoms with van der Waals surface area (Å²) in [5.74, 6) is 0.696. The predicted molar refractivity (Wildman–Crippen MR) is 105 cm³/mol. The molecule has 2 heterocycles. The van der Waals surface area contributed by atoms with Gasteiger partial charge in [0.2, 0.25) is 0 Å². The van der Waals surface area contributed by atoms with Crippen molar-refractivity contribution in [3.63, 3.8) is 0 Å². The number of hydrogen-bond donors (Lipinski definition) is 0. The lowest BCUT2D eigenvalue weighted by molar-refractivity contribution is -0.145. The van der Waals surface area contributed by atoms with Crippen molar-refractivity contribution in [2.45, 2.75) is 39.7 Å². The van der Waals surface area contributed by atoms with E-state index in [1.807, 2.05) is 19.1 Å². The Kier molecular flexibility index (Phi) is 5.89. The van der Waals surface area contributed by atoms with E-state index in [9.17, 15) is 14.4 Å². The molecular formula is C20H23NO5S. The van der Waals surface area contributed by atoms with E-state index >= 15 is 0 Å². The average molecular weight is 389 g/mol. The summed E-state index contributed by atoms with van der Waals surface area (Å²) >= 11 is 1.26. The van der Waals surface area contributed by atoms with Gasteiger partial charge in [-0.05, 0) is 36.1 Å². The molecule has 6 nitrogen and oxygen atoms in total. The molecule has 1 aromatic carbocycles. The number of benzene rings is 1.